The fourth-order valence-corrected chi connectivity index (χ4v) is 3.26. The molecule has 0 fully saturated rings. The molecule has 164 valence electrons. The van der Waals surface area contributed by atoms with E-state index >= 15 is 0 Å². The molecule has 0 aliphatic rings. The van der Waals surface area contributed by atoms with Gasteiger partial charge in [-0.15, -0.1) is 0 Å². The summed E-state index contributed by atoms with van der Waals surface area (Å²) in [7, 11) is 0. The van der Waals surface area contributed by atoms with Crippen LogP contribution in [0.3, 0.4) is 0 Å². The van der Waals surface area contributed by atoms with Crippen LogP contribution in [0.25, 0.3) is 0 Å². The zero-order chi connectivity index (χ0) is 22.8. The second-order valence-corrected chi connectivity index (χ2v) is 7.91. The number of aldehydes is 1. The van der Waals surface area contributed by atoms with Gasteiger partial charge in [0.15, 0.2) is 16.6 Å². The van der Waals surface area contributed by atoms with E-state index in [1.807, 2.05) is 30.3 Å². The van der Waals surface area contributed by atoms with E-state index in [4.69, 9.17) is 46.4 Å². The second kappa shape index (κ2) is 12.9. The van der Waals surface area contributed by atoms with Crippen molar-refractivity contribution in [3.63, 3.8) is 0 Å². The van der Waals surface area contributed by atoms with Gasteiger partial charge in [0.2, 0.25) is 0 Å². The molecule has 11 heteroatoms. The number of hydrogen-bond donors (Lipinski definition) is 1. The van der Waals surface area contributed by atoms with Crippen LogP contribution in [0.15, 0.2) is 42.7 Å². The number of nitrogens with zero attached hydrogens (tertiary/aromatic N) is 5. The Balaban J connectivity index is 0.000000285. The molecule has 3 aromatic rings. The molecule has 2 aromatic heterocycles. The summed E-state index contributed by atoms with van der Waals surface area (Å²) in [5.41, 5.74) is 1.92. The summed E-state index contributed by atoms with van der Waals surface area (Å²) in [5.74, 6) is 0. The molecular weight excluding hydrogens is 484 g/mol. The van der Waals surface area contributed by atoms with Crippen molar-refractivity contribution in [2.75, 3.05) is 6.54 Å². The molecule has 1 atom stereocenters. The zero-order valence-electron chi connectivity index (χ0n) is 16.4. The lowest BCUT2D eigenvalue weighted by molar-refractivity contribution is 0.111. The van der Waals surface area contributed by atoms with Crippen molar-refractivity contribution < 1.29 is 9.90 Å². The van der Waals surface area contributed by atoms with E-state index in [0.29, 0.717) is 36.8 Å². The summed E-state index contributed by atoms with van der Waals surface area (Å²) in [4.78, 5) is 27.6. The molecule has 0 aliphatic heterocycles. The summed E-state index contributed by atoms with van der Waals surface area (Å²) >= 11 is 22.7. The van der Waals surface area contributed by atoms with Gasteiger partial charge in [-0.05, 0) is 12.5 Å². The van der Waals surface area contributed by atoms with Crippen molar-refractivity contribution in [2.24, 2.45) is 0 Å². The highest BCUT2D eigenvalue weighted by molar-refractivity contribution is 6.33. The van der Waals surface area contributed by atoms with Crippen molar-refractivity contribution in [1.29, 1.82) is 0 Å². The molecule has 0 saturated carbocycles. The van der Waals surface area contributed by atoms with Gasteiger partial charge in [-0.25, -0.2) is 15.0 Å². The molecule has 0 saturated heterocycles. The highest BCUT2D eigenvalue weighted by Crippen LogP contribution is 2.17. The van der Waals surface area contributed by atoms with Gasteiger partial charge in [0.05, 0.1) is 24.2 Å². The molecular formula is C20H19Cl4N5O2. The fraction of sp³-hybridized carbons (Fsp3) is 0.250. The predicted molar refractivity (Wildman–Crippen MR) is 122 cm³/mol. The van der Waals surface area contributed by atoms with Gasteiger partial charge in [0, 0.05) is 19.6 Å². The minimum absolute atomic E-state index is 0.0301. The predicted octanol–water partition coefficient (Wildman–Crippen LogP) is 4.76. The highest BCUT2D eigenvalue weighted by atomic mass is 35.5. The minimum Gasteiger partial charge on any atom is -0.392 e. The van der Waals surface area contributed by atoms with Crippen LogP contribution >= 0.6 is 46.4 Å². The number of halogens is 4. The molecule has 31 heavy (non-hydrogen) atoms. The van der Waals surface area contributed by atoms with E-state index in [0.717, 1.165) is 5.56 Å². The Labute approximate surface area is 200 Å². The van der Waals surface area contributed by atoms with Gasteiger partial charge in [0.1, 0.15) is 16.0 Å². The Kier molecular flexibility index (Phi) is 10.5. The molecule has 2 heterocycles. The van der Waals surface area contributed by atoms with E-state index < -0.39 is 6.10 Å². The van der Waals surface area contributed by atoms with Crippen molar-refractivity contribution in [3.8, 4) is 0 Å². The third-order valence-electron chi connectivity index (χ3n) is 3.75. The Morgan fingerprint density at radius 2 is 1.58 bits per heavy atom. The molecule has 0 unspecified atom stereocenters. The number of aromatic nitrogens is 4. The van der Waals surface area contributed by atoms with Crippen LogP contribution in [0, 0.1) is 0 Å². The first kappa shape index (κ1) is 25.4. The van der Waals surface area contributed by atoms with Gasteiger partial charge >= 0.3 is 0 Å². The summed E-state index contributed by atoms with van der Waals surface area (Å²) < 4.78 is 0. The van der Waals surface area contributed by atoms with Gasteiger partial charge in [-0.3, -0.25) is 14.7 Å². The summed E-state index contributed by atoms with van der Waals surface area (Å²) in [6.45, 7) is 3.48. The summed E-state index contributed by atoms with van der Waals surface area (Å²) in [6.07, 6.45) is 2.82. The monoisotopic (exact) mass is 501 g/mol. The second-order valence-electron chi connectivity index (χ2n) is 6.42. The first-order chi connectivity index (χ1) is 14.8. The van der Waals surface area contributed by atoms with E-state index in [1.54, 1.807) is 6.92 Å². The molecule has 0 amide bonds. The Hall–Kier alpha value is -1.87. The lowest BCUT2D eigenvalue weighted by atomic mass is 10.2. The van der Waals surface area contributed by atoms with Crippen molar-refractivity contribution in [2.45, 2.75) is 26.1 Å². The normalized spacial score (nSPS) is 11.6. The van der Waals surface area contributed by atoms with E-state index in [1.165, 1.54) is 12.4 Å². The first-order valence-corrected chi connectivity index (χ1v) is 10.5. The number of benzene rings is 1. The van der Waals surface area contributed by atoms with Crippen LogP contribution in [0.4, 0.5) is 0 Å². The molecule has 1 aromatic carbocycles. The molecule has 1 N–H and O–H groups in total. The van der Waals surface area contributed by atoms with Crippen LogP contribution < -0.4 is 0 Å². The van der Waals surface area contributed by atoms with Crippen molar-refractivity contribution in [1.82, 2.24) is 24.8 Å². The van der Waals surface area contributed by atoms with Crippen LogP contribution in [0.5, 0.6) is 0 Å². The third-order valence-corrected chi connectivity index (χ3v) is 4.70. The standard InChI is InChI=1S/C15H17Cl2N3O.C5H2Cl2N2O/c1-11(21)8-20(9-12-5-3-2-4-6-12)10-13-15(17)19-14(16)7-18-13;6-4-1-8-3(2-10)5(7)9-4/h2-7,11,21H,8-10H2,1H3;1-2H/t11-;/m0./s1. The summed E-state index contributed by atoms with van der Waals surface area (Å²) in [6, 6.07) is 10.0. The Morgan fingerprint density at radius 1 is 0.968 bits per heavy atom. The molecule has 0 spiro atoms. The number of carbonyl (C=O) groups excluding carboxylic acids is 1. The van der Waals surface area contributed by atoms with E-state index in [9.17, 15) is 9.90 Å². The topological polar surface area (TPSA) is 92.1 Å². The van der Waals surface area contributed by atoms with E-state index in [2.05, 4.69) is 24.8 Å². The largest absolute Gasteiger partial charge is 0.392 e. The molecule has 0 radical (unpaired) electrons. The number of aliphatic hydroxyl groups excluding tert-OH is 1. The maximum Gasteiger partial charge on any atom is 0.171 e. The van der Waals surface area contributed by atoms with Gasteiger partial charge in [-0.1, -0.05) is 76.7 Å². The maximum atomic E-state index is 10.1. The Bertz CT molecular complexity index is 993. The molecule has 3 rings (SSSR count). The number of hydrogen-bond acceptors (Lipinski definition) is 7. The Morgan fingerprint density at radius 3 is 2.13 bits per heavy atom. The number of rotatable bonds is 7. The average molecular weight is 503 g/mol. The maximum absolute atomic E-state index is 10.1. The van der Waals surface area contributed by atoms with Crippen molar-refractivity contribution >= 4 is 52.7 Å². The molecule has 0 aliphatic carbocycles. The first-order valence-electron chi connectivity index (χ1n) is 9.03. The number of aliphatic hydroxyl groups is 1. The van der Waals surface area contributed by atoms with Crippen LogP contribution in [-0.2, 0) is 13.1 Å². The van der Waals surface area contributed by atoms with Crippen LogP contribution in [-0.4, -0.2) is 48.9 Å². The lowest BCUT2D eigenvalue weighted by Crippen LogP contribution is -2.30. The molecule has 7 nitrogen and oxygen atoms in total. The van der Waals surface area contributed by atoms with Crippen molar-refractivity contribution in [3.05, 3.63) is 80.3 Å². The van der Waals surface area contributed by atoms with Crippen LogP contribution in [0.2, 0.25) is 20.6 Å². The van der Waals surface area contributed by atoms with Gasteiger partial charge in [-0.2, -0.15) is 0 Å². The SMILES string of the molecule is C[C@H](O)CN(Cc1ccccc1)Cc1ncc(Cl)nc1Cl.O=Cc1ncc(Cl)nc1Cl. The summed E-state index contributed by atoms with van der Waals surface area (Å²) in [5, 5.41) is 10.4. The van der Waals surface area contributed by atoms with Gasteiger partial charge < -0.3 is 5.11 Å². The zero-order valence-corrected chi connectivity index (χ0v) is 19.4. The van der Waals surface area contributed by atoms with Crippen LogP contribution in [0.1, 0.15) is 28.7 Å². The minimum atomic E-state index is -0.437. The quantitative estimate of drug-likeness (QED) is 0.465. The van der Waals surface area contributed by atoms with E-state index in [-0.39, 0.29) is 21.2 Å². The smallest absolute Gasteiger partial charge is 0.171 e. The highest BCUT2D eigenvalue weighted by Gasteiger charge is 2.14. The van der Waals surface area contributed by atoms with Gasteiger partial charge in [0.25, 0.3) is 0 Å². The number of carbonyl (C=O) groups is 1. The lowest BCUT2D eigenvalue weighted by Gasteiger charge is -2.23. The molecule has 0 bridgehead atoms. The fourth-order valence-electron chi connectivity index (χ4n) is 2.52. The average Bonchev–Trinajstić information content (AvgIpc) is 2.71. The third kappa shape index (κ3) is 9.03.